The number of carbonyl (C=O) groups excluding carboxylic acids is 3. The van der Waals surface area contributed by atoms with Gasteiger partial charge in [-0.3, -0.25) is 14.4 Å². The van der Waals surface area contributed by atoms with Crippen molar-refractivity contribution >= 4 is 23.9 Å². The number of ether oxygens (including phenoxy) is 5. The van der Waals surface area contributed by atoms with Crippen molar-refractivity contribution in [3.63, 3.8) is 0 Å². The topological polar surface area (TPSA) is 175 Å². The quantitative estimate of drug-likeness (QED) is 0.0228. The number of rotatable bonds is 50. The fourth-order valence-corrected chi connectivity index (χ4v) is 8.43. The maximum absolute atomic E-state index is 13.1. The van der Waals surface area contributed by atoms with Gasteiger partial charge in [0.05, 0.1) is 13.0 Å². The highest BCUT2D eigenvalue weighted by Crippen LogP contribution is 2.26. The average Bonchev–Trinajstić information content (AvgIpc) is 3.46. The van der Waals surface area contributed by atoms with E-state index in [9.17, 15) is 34.5 Å². The van der Waals surface area contributed by atoms with Crippen LogP contribution in [0.1, 0.15) is 226 Å². The largest absolute Gasteiger partial charge is 0.479 e. The molecular formula is C67H106O12. The van der Waals surface area contributed by atoms with Crippen LogP contribution in [0.4, 0.5) is 0 Å². The van der Waals surface area contributed by atoms with E-state index >= 15 is 0 Å². The number of hydrogen-bond donors (Lipinski definition) is 3. The van der Waals surface area contributed by atoms with Gasteiger partial charge in [0.25, 0.3) is 0 Å². The lowest BCUT2D eigenvalue weighted by atomic mass is 9.98. The summed E-state index contributed by atoms with van der Waals surface area (Å²) >= 11 is 0. The highest BCUT2D eigenvalue weighted by Gasteiger charge is 2.50. The Labute approximate surface area is 478 Å². The van der Waals surface area contributed by atoms with Crippen LogP contribution in [0.3, 0.4) is 0 Å². The smallest absolute Gasteiger partial charge is 0.335 e. The normalized spacial score (nSPS) is 18.7. The van der Waals surface area contributed by atoms with Crippen LogP contribution in [0, 0.1) is 0 Å². The minimum atomic E-state index is -1.93. The van der Waals surface area contributed by atoms with E-state index in [1.807, 2.05) is 12.2 Å². The maximum Gasteiger partial charge on any atom is 0.335 e. The molecule has 6 unspecified atom stereocenters. The molecule has 446 valence electrons. The second-order valence-corrected chi connectivity index (χ2v) is 20.2. The number of aliphatic hydroxyl groups is 2. The van der Waals surface area contributed by atoms with E-state index in [-0.39, 0.29) is 25.9 Å². The lowest BCUT2D eigenvalue weighted by Crippen LogP contribution is -2.61. The van der Waals surface area contributed by atoms with Crippen LogP contribution in [-0.2, 0) is 42.9 Å². The summed E-state index contributed by atoms with van der Waals surface area (Å²) in [6, 6.07) is 0. The number of carbonyl (C=O) groups is 4. The van der Waals surface area contributed by atoms with Gasteiger partial charge in [-0.1, -0.05) is 219 Å². The van der Waals surface area contributed by atoms with Gasteiger partial charge in [-0.15, -0.1) is 0 Å². The fourth-order valence-electron chi connectivity index (χ4n) is 8.43. The van der Waals surface area contributed by atoms with Gasteiger partial charge >= 0.3 is 23.9 Å². The molecule has 0 amide bonds. The van der Waals surface area contributed by atoms with Crippen LogP contribution in [0.15, 0.2) is 122 Å². The summed E-state index contributed by atoms with van der Waals surface area (Å²) in [5.74, 6) is -3.36. The Bertz CT molecular complexity index is 1840. The summed E-state index contributed by atoms with van der Waals surface area (Å²) in [5, 5.41) is 31.5. The predicted molar refractivity (Wildman–Crippen MR) is 321 cm³/mol. The van der Waals surface area contributed by atoms with E-state index in [4.69, 9.17) is 23.7 Å². The third kappa shape index (κ3) is 43.6. The zero-order valence-electron chi connectivity index (χ0n) is 49.1. The van der Waals surface area contributed by atoms with Crippen LogP contribution in [-0.4, -0.2) is 89.2 Å². The minimum absolute atomic E-state index is 0.0296. The summed E-state index contributed by atoms with van der Waals surface area (Å²) < 4.78 is 28.3. The van der Waals surface area contributed by atoms with Crippen molar-refractivity contribution in [1.82, 2.24) is 0 Å². The Kier molecular flexibility index (Phi) is 49.1. The van der Waals surface area contributed by atoms with Gasteiger partial charge in [0.15, 0.2) is 24.6 Å². The third-order valence-electron chi connectivity index (χ3n) is 13.0. The van der Waals surface area contributed by atoms with E-state index in [2.05, 4.69) is 124 Å². The second-order valence-electron chi connectivity index (χ2n) is 20.2. The number of esters is 3. The number of aliphatic carboxylic acids is 1. The molecule has 1 aliphatic rings. The van der Waals surface area contributed by atoms with Crippen LogP contribution >= 0.6 is 0 Å². The second kappa shape index (κ2) is 53.7. The minimum Gasteiger partial charge on any atom is -0.479 e. The van der Waals surface area contributed by atoms with Crippen LogP contribution in [0.25, 0.3) is 0 Å². The van der Waals surface area contributed by atoms with Crippen molar-refractivity contribution in [3.05, 3.63) is 122 Å². The SMILES string of the molecule is CC/C=C\C/C=C\C/C=C\C/C=C\C/C=C\CC(=O)OCC(COC1OC(C(=O)O)C(O)C(O)C1OC(=O)CCCCCCCCCCC/C=C\CCCCCCCC)OC(=O)CCCC/C=C\C/C=C\C/C=C\C/C=C\CC. The molecule has 0 aromatic heterocycles. The Balaban J connectivity index is 2.74. The zero-order valence-corrected chi connectivity index (χ0v) is 49.1. The molecule has 0 saturated carbocycles. The van der Waals surface area contributed by atoms with Gasteiger partial charge in [-0.2, -0.15) is 0 Å². The van der Waals surface area contributed by atoms with Crippen LogP contribution in [0.5, 0.6) is 0 Å². The standard InChI is InChI=1S/C67H106O12/c1-4-7-10-13-16-19-22-25-28-29-30-31-34-37-40-43-46-49-52-55-61(70)78-65-63(72)62(71)64(66(73)74)79-67(65)76-57-58(77-60(69)54-51-48-45-42-39-36-33-27-24-21-18-15-12-9-6-3)56-75-59(68)53-50-47-44-41-38-35-32-26-23-20-17-14-11-8-5-2/h8-9,11-12,17-18,20-21,25-28,32-33,38-39,41-42,47,50,58,62-65,67,71-72H,4-7,10,13-16,19,22-24,29-31,34-37,40,43-46,48-49,51-57H2,1-3H3,(H,73,74)/b11-8-,12-9-,20-17-,21-18-,28-25-,32-26-,33-27-,41-38-,42-39-,50-47-. The van der Waals surface area contributed by atoms with Crippen LogP contribution < -0.4 is 0 Å². The van der Waals surface area contributed by atoms with Crippen molar-refractivity contribution in [2.45, 2.75) is 263 Å². The highest BCUT2D eigenvalue weighted by molar-refractivity contribution is 5.74. The van der Waals surface area contributed by atoms with Crippen molar-refractivity contribution in [2.75, 3.05) is 13.2 Å². The van der Waals surface area contributed by atoms with Crippen molar-refractivity contribution in [1.29, 1.82) is 0 Å². The molecule has 1 saturated heterocycles. The zero-order chi connectivity index (χ0) is 57.5. The average molecular weight is 1100 g/mol. The molecule has 0 bridgehead atoms. The van der Waals surface area contributed by atoms with Gasteiger partial charge in [-0.25, -0.2) is 4.79 Å². The number of hydrogen-bond acceptors (Lipinski definition) is 11. The Morgan fingerprint density at radius 3 is 1.32 bits per heavy atom. The molecule has 12 heteroatoms. The molecule has 1 fully saturated rings. The van der Waals surface area contributed by atoms with E-state index in [0.717, 1.165) is 96.3 Å². The molecule has 1 heterocycles. The summed E-state index contributed by atoms with van der Waals surface area (Å²) in [7, 11) is 0. The summed E-state index contributed by atoms with van der Waals surface area (Å²) in [5.41, 5.74) is 0. The molecule has 6 atom stereocenters. The highest BCUT2D eigenvalue weighted by atomic mass is 16.7. The van der Waals surface area contributed by atoms with Gasteiger partial charge in [0.1, 0.15) is 18.8 Å². The molecule has 0 radical (unpaired) electrons. The summed E-state index contributed by atoms with van der Waals surface area (Å²) in [6.45, 7) is 5.63. The Hall–Kier alpha value is -4.88. The van der Waals surface area contributed by atoms with Gasteiger partial charge < -0.3 is 39.0 Å². The molecule has 79 heavy (non-hydrogen) atoms. The van der Waals surface area contributed by atoms with E-state index < -0.39 is 67.3 Å². The van der Waals surface area contributed by atoms with Crippen molar-refractivity contribution < 1.29 is 58.2 Å². The number of carboxylic acids is 1. The molecular weight excluding hydrogens is 997 g/mol. The molecule has 0 aliphatic carbocycles. The first kappa shape index (κ1) is 72.1. The van der Waals surface area contributed by atoms with Gasteiger partial charge in [0.2, 0.25) is 0 Å². The third-order valence-corrected chi connectivity index (χ3v) is 13.0. The maximum atomic E-state index is 13.1. The summed E-state index contributed by atoms with van der Waals surface area (Å²) in [6.07, 6.45) is 62.0. The number of aliphatic hydroxyl groups excluding tert-OH is 2. The van der Waals surface area contributed by atoms with Crippen molar-refractivity contribution in [3.8, 4) is 0 Å². The monoisotopic (exact) mass is 1100 g/mol. The first-order valence-corrected chi connectivity index (χ1v) is 30.5. The molecule has 0 aromatic rings. The van der Waals surface area contributed by atoms with E-state index in [1.165, 1.54) is 70.6 Å². The fraction of sp³-hybridized carbons (Fsp3) is 0.642. The number of allylic oxidation sites excluding steroid dienone is 19. The first-order chi connectivity index (χ1) is 38.6. The first-order valence-electron chi connectivity index (χ1n) is 30.5. The molecule has 0 spiro atoms. The van der Waals surface area contributed by atoms with Crippen molar-refractivity contribution in [2.24, 2.45) is 0 Å². The Morgan fingerprint density at radius 2 is 0.835 bits per heavy atom. The molecule has 12 nitrogen and oxygen atoms in total. The molecule has 0 aromatic carbocycles. The molecule has 1 rings (SSSR count). The van der Waals surface area contributed by atoms with E-state index in [1.54, 1.807) is 6.08 Å². The lowest BCUT2D eigenvalue weighted by Gasteiger charge is -2.40. The van der Waals surface area contributed by atoms with Crippen LogP contribution in [0.2, 0.25) is 0 Å². The lowest BCUT2D eigenvalue weighted by molar-refractivity contribution is -0.301. The van der Waals surface area contributed by atoms with Gasteiger partial charge in [0, 0.05) is 12.8 Å². The Morgan fingerprint density at radius 1 is 0.443 bits per heavy atom. The van der Waals surface area contributed by atoms with Gasteiger partial charge in [-0.05, 0) is 109 Å². The molecule has 1 aliphatic heterocycles. The predicted octanol–water partition coefficient (Wildman–Crippen LogP) is 16.0. The summed E-state index contributed by atoms with van der Waals surface area (Å²) in [4.78, 5) is 51.1. The van der Waals surface area contributed by atoms with E-state index in [0.29, 0.717) is 19.3 Å². The molecule has 3 N–H and O–H groups in total. The number of carboxylic acid groups (broad SMARTS) is 1. The number of unbranched alkanes of at least 4 members (excludes halogenated alkanes) is 17.